The highest BCUT2D eigenvalue weighted by atomic mass is 16.6. The first-order valence-corrected chi connectivity index (χ1v) is 7.10. The van der Waals surface area contributed by atoms with Gasteiger partial charge in [0.25, 0.3) is 0 Å². The molecule has 0 fully saturated rings. The van der Waals surface area contributed by atoms with Gasteiger partial charge in [-0.15, -0.1) is 0 Å². The average Bonchev–Trinajstić information content (AvgIpc) is 2.53. The summed E-state index contributed by atoms with van der Waals surface area (Å²) in [5, 5.41) is 2.33. The second-order valence-corrected chi connectivity index (χ2v) is 5.12. The Morgan fingerprint density at radius 3 is 2.55 bits per heavy atom. The summed E-state index contributed by atoms with van der Waals surface area (Å²) in [4.78, 5) is 0. The molecule has 3 nitrogen and oxygen atoms in total. The van der Waals surface area contributed by atoms with Gasteiger partial charge in [0, 0.05) is 11.1 Å². The molecule has 0 bridgehead atoms. The third-order valence-electron chi connectivity index (χ3n) is 3.64. The summed E-state index contributed by atoms with van der Waals surface area (Å²) < 4.78 is 11.2. The van der Waals surface area contributed by atoms with E-state index in [-0.39, 0.29) is 0 Å². The van der Waals surface area contributed by atoms with Gasteiger partial charge in [-0.2, -0.15) is 0 Å². The average molecular weight is 270 g/mol. The normalized spacial score (nSPS) is 14.8. The van der Waals surface area contributed by atoms with Crippen molar-refractivity contribution in [2.75, 3.05) is 13.2 Å². The second-order valence-electron chi connectivity index (χ2n) is 5.12. The Hall–Kier alpha value is -2.00. The molecule has 0 radical (unpaired) electrons. The van der Waals surface area contributed by atoms with Gasteiger partial charge >= 0.3 is 0 Å². The summed E-state index contributed by atoms with van der Waals surface area (Å²) in [5.41, 5.74) is 2.61. The quantitative estimate of drug-likeness (QED) is 0.925. The lowest BCUT2D eigenvalue weighted by Gasteiger charge is -2.19. The molecule has 1 aliphatic rings. The van der Waals surface area contributed by atoms with Gasteiger partial charge in [0.15, 0.2) is 11.5 Å². The fraction of sp³-hybridized carbons (Fsp3) is 0.294. The molecule has 0 spiro atoms. The smallest absolute Gasteiger partial charge is 0.161 e. The van der Waals surface area contributed by atoms with Crippen LogP contribution in [0.5, 0.6) is 11.5 Å². The Labute approximate surface area is 119 Å². The zero-order valence-electron chi connectivity index (χ0n) is 11.7. The lowest BCUT2D eigenvalue weighted by atomic mass is 10.1. The van der Waals surface area contributed by atoms with Gasteiger partial charge in [0.1, 0.15) is 25.8 Å². The van der Waals surface area contributed by atoms with E-state index in [0.29, 0.717) is 19.3 Å². The number of hydrogen-bond acceptors (Lipinski definition) is 2. The van der Waals surface area contributed by atoms with E-state index in [4.69, 9.17) is 9.47 Å². The van der Waals surface area contributed by atoms with Crippen LogP contribution in [0.3, 0.4) is 0 Å². The number of nitrogens with two attached hydrogens (primary N) is 1. The summed E-state index contributed by atoms with van der Waals surface area (Å²) in [6.07, 6.45) is 0. The van der Waals surface area contributed by atoms with Gasteiger partial charge in [-0.05, 0) is 25.1 Å². The lowest BCUT2D eigenvalue weighted by molar-refractivity contribution is -0.707. The van der Waals surface area contributed by atoms with E-state index in [9.17, 15) is 0 Å². The van der Waals surface area contributed by atoms with Crippen LogP contribution in [0, 0.1) is 0 Å². The van der Waals surface area contributed by atoms with E-state index in [1.165, 1.54) is 11.1 Å². The lowest BCUT2D eigenvalue weighted by Crippen LogP contribution is -2.83. The fourth-order valence-corrected chi connectivity index (χ4v) is 2.42. The molecular weight excluding hydrogens is 250 g/mol. The Balaban J connectivity index is 1.64. The Morgan fingerprint density at radius 1 is 1.00 bits per heavy atom. The summed E-state index contributed by atoms with van der Waals surface area (Å²) in [5.74, 6) is 1.73. The molecule has 0 saturated carbocycles. The number of ether oxygens (including phenoxy) is 2. The van der Waals surface area contributed by atoms with E-state index in [1.54, 1.807) is 0 Å². The molecule has 3 heteroatoms. The molecule has 0 unspecified atom stereocenters. The van der Waals surface area contributed by atoms with Gasteiger partial charge < -0.3 is 14.8 Å². The molecule has 20 heavy (non-hydrogen) atoms. The van der Waals surface area contributed by atoms with Gasteiger partial charge in [0.2, 0.25) is 0 Å². The van der Waals surface area contributed by atoms with Crippen LogP contribution in [-0.2, 0) is 6.54 Å². The van der Waals surface area contributed by atoms with Crippen LogP contribution in [0.25, 0.3) is 0 Å². The predicted octanol–water partition coefficient (Wildman–Crippen LogP) is 2.28. The minimum Gasteiger partial charge on any atom is -0.486 e. The molecule has 2 aromatic carbocycles. The number of fused-ring (bicyclic) bond motifs is 1. The number of rotatable bonds is 4. The molecule has 0 aliphatic carbocycles. The largest absolute Gasteiger partial charge is 0.486 e. The highest BCUT2D eigenvalue weighted by molar-refractivity contribution is 5.43. The van der Waals surface area contributed by atoms with Gasteiger partial charge in [-0.1, -0.05) is 30.3 Å². The van der Waals surface area contributed by atoms with Crippen molar-refractivity contribution in [1.29, 1.82) is 0 Å². The first-order chi connectivity index (χ1) is 9.83. The Bertz CT molecular complexity index is 568. The number of benzene rings is 2. The Morgan fingerprint density at radius 2 is 1.75 bits per heavy atom. The predicted molar refractivity (Wildman–Crippen MR) is 77.9 cm³/mol. The molecule has 0 aromatic heterocycles. The maximum atomic E-state index is 5.62. The molecular formula is C17H20NO2+. The third-order valence-corrected chi connectivity index (χ3v) is 3.64. The minimum atomic E-state index is 0.449. The van der Waals surface area contributed by atoms with Crippen molar-refractivity contribution in [2.45, 2.75) is 19.5 Å². The van der Waals surface area contributed by atoms with Crippen LogP contribution in [0.1, 0.15) is 24.1 Å². The van der Waals surface area contributed by atoms with E-state index >= 15 is 0 Å². The van der Waals surface area contributed by atoms with Crippen molar-refractivity contribution in [3.8, 4) is 11.5 Å². The molecule has 3 rings (SSSR count). The first-order valence-electron chi connectivity index (χ1n) is 7.10. The zero-order valence-corrected chi connectivity index (χ0v) is 11.7. The van der Waals surface area contributed by atoms with Crippen LogP contribution >= 0.6 is 0 Å². The SMILES string of the molecule is C[C@H]([NH2+]Cc1ccc2c(c1)OCCO2)c1ccccc1. The molecule has 2 aromatic rings. The zero-order chi connectivity index (χ0) is 13.8. The maximum absolute atomic E-state index is 5.62. The van der Waals surface area contributed by atoms with Crippen LogP contribution in [-0.4, -0.2) is 13.2 Å². The summed E-state index contributed by atoms with van der Waals surface area (Å²) in [6.45, 7) is 4.45. The van der Waals surface area contributed by atoms with E-state index in [2.05, 4.69) is 54.7 Å². The highest BCUT2D eigenvalue weighted by Gasteiger charge is 2.13. The molecule has 1 aliphatic heterocycles. The van der Waals surface area contributed by atoms with Crippen LogP contribution < -0.4 is 14.8 Å². The number of hydrogen-bond donors (Lipinski definition) is 1. The van der Waals surface area contributed by atoms with Crippen LogP contribution in [0.15, 0.2) is 48.5 Å². The Kier molecular flexibility index (Phi) is 3.88. The standard InChI is InChI=1S/C17H19NO2/c1-13(15-5-3-2-4-6-15)18-12-14-7-8-16-17(11-14)20-10-9-19-16/h2-8,11,13,18H,9-10,12H2,1H3/p+1/t13-/m0/s1. The molecule has 2 N–H and O–H groups in total. The van der Waals surface area contributed by atoms with Gasteiger partial charge in [0.05, 0.1) is 0 Å². The van der Waals surface area contributed by atoms with Gasteiger partial charge in [-0.25, -0.2) is 0 Å². The summed E-state index contributed by atoms with van der Waals surface area (Å²) in [7, 11) is 0. The molecule has 1 atom stereocenters. The minimum absolute atomic E-state index is 0.449. The molecule has 1 heterocycles. The molecule has 0 saturated heterocycles. The van der Waals surface area contributed by atoms with Crippen molar-refractivity contribution < 1.29 is 14.8 Å². The van der Waals surface area contributed by atoms with E-state index < -0.39 is 0 Å². The van der Waals surface area contributed by atoms with Crippen molar-refractivity contribution in [3.63, 3.8) is 0 Å². The van der Waals surface area contributed by atoms with Gasteiger partial charge in [-0.3, -0.25) is 0 Å². The summed E-state index contributed by atoms with van der Waals surface area (Å²) >= 11 is 0. The van der Waals surface area contributed by atoms with Crippen molar-refractivity contribution >= 4 is 0 Å². The van der Waals surface area contributed by atoms with E-state index in [0.717, 1.165) is 18.0 Å². The third kappa shape index (κ3) is 2.94. The molecule has 104 valence electrons. The topological polar surface area (TPSA) is 35.1 Å². The highest BCUT2D eigenvalue weighted by Crippen LogP contribution is 2.30. The maximum Gasteiger partial charge on any atom is 0.161 e. The molecule has 0 amide bonds. The second kappa shape index (κ2) is 5.97. The monoisotopic (exact) mass is 270 g/mol. The van der Waals surface area contributed by atoms with Crippen molar-refractivity contribution in [3.05, 3.63) is 59.7 Å². The van der Waals surface area contributed by atoms with E-state index in [1.807, 2.05) is 6.07 Å². The fourth-order valence-electron chi connectivity index (χ4n) is 2.42. The van der Waals surface area contributed by atoms with Crippen LogP contribution in [0.4, 0.5) is 0 Å². The number of quaternary nitrogens is 1. The first kappa shape index (κ1) is 13.0. The summed E-state index contributed by atoms with van der Waals surface area (Å²) in [6, 6.07) is 17.2. The van der Waals surface area contributed by atoms with Crippen molar-refractivity contribution in [1.82, 2.24) is 0 Å². The van der Waals surface area contributed by atoms with Crippen molar-refractivity contribution in [2.24, 2.45) is 0 Å². The van der Waals surface area contributed by atoms with Crippen LogP contribution in [0.2, 0.25) is 0 Å².